The van der Waals surface area contributed by atoms with E-state index < -0.39 is 9.84 Å². The standard InChI is InChI=1S/C13H17Cl2NO3S/c1-16(10-5-8-20(17,18)9-10)6-7-19-13-11(14)3-2-4-12(13)15/h2-4,10H,5-9H2,1H3. The summed E-state index contributed by atoms with van der Waals surface area (Å²) in [5.41, 5.74) is 0. The maximum Gasteiger partial charge on any atom is 0.156 e. The molecule has 0 saturated carbocycles. The highest BCUT2D eigenvalue weighted by Crippen LogP contribution is 2.32. The fraction of sp³-hybridized carbons (Fsp3) is 0.538. The molecule has 1 aromatic rings. The Kier molecular flexibility index (Phi) is 5.18. The van der Waals surface area contributed by atoms with Crippen LogP contribution in [-0.2, 0) is 9.84 Å². The van der Waals surface area contributed by atoms with Gasteiger partial charge in [0.2, 0.25) is 0 Å². The van der Waals surface area contributed by atoms with Gasteiger partial charge in [-0.15, -0.1) is 0 Å². The van der Waals surface area contributed by atoms with Crippen molar-refractivity contribution in [3.8, 4) is 5.75 Å². The van der Waals surface area contributed by atoms with Crippen molar-refractivity contribution in [2.24, 2.45) is 0 Å². The molecule has 0 radical (unpaired) electrons. The largest absolute Gasteiger partial charge is 0.489 e. The number of hydrogen-bond acceptors (Lipinski definition) is 4. The molecule has 0 spiro atoms. The molecule has 0 amide bonds. The highest BCUT2D eigenvalue weighted by Gasteiger charge is 2.30. The number of halogens is 2. The van der Waals surface area contributed by atoms with Gasteiger partial charge < -0.3 is 4.74 Å². The predicted molar refractivity (Wildman–Crippen MR) is 81.6 cm³/mol. The number of sulfone groups is 1. The van der Waals surface area contributed by atoms with Crippen LogP contribution in [0.4, 0.5) is 0 Å². The fourth-order valence-electron chi connectivity index (χ4n) is 2.22. The summed E-state index contributed by atoms with van der Waals surface area (Å²) in [6.07, 6.45) is 0.686. The van der Waals surface area contributed by atoms with E-state index in [0.717, 1.165) is 0 Å². The van der Waals surface area contributed by atoms with Gasteiger partial charge in [-0.1, -0.05) is 29.3 Å². The lowest BCUT2D eigenvalue weighted by molar-refractivity contribution is 0.202. The molecule has 1 aliphatic rings. The lowest BCUT2D eigenvalue weighted by Crippen LogP contribution is -2.35. The average Bonchev–Trinajstić information content (AvgIpc) is 2.73. The maximum absolute atomic E-state index is 11.4. The normalized spacial score (nSPS) is 21.3. The highest BCUT2D eigenvalue weighted by atomic mass is 35.5. The quantitative estimate of drug-likeness (QED) is 0.828. The maximum atomic E-state index is 11.4. The second-order valence-electron chi connectivity index (χ2n) is 4.94. The molecule has 1 aliphatic heterocycles. The van der Waals surface area contributed by atoms with Crippen molar-refractivity contribution in [1.29, 1.82) is 0 Å². The van der Waals surface area contributed by atoms with Crippen LogP contribution in [0.15, 0.2) is 18.2 Å². The highest BCUT2D eigenvalue weighted by molar-refractivity contribution is 7.91. The molecule has 1 heterocycles. The minimum atomic E-state index is -2.86. The molecular weight excluding hydrogens is 321 g/mol. The minimum Gasteiger partial charge on any atom is -0.489 e. The van der Waals surface area contributed by atoms with Crippen molar-refractivity contribution in [3.63, 3.8) is 0 Å². The van der Waals surface area contributed by atoms with Crippen LogP contribution < -0.4 is 4.74 Å². The van der Waals surface area contributed by atoms with E-state index in [1.165, 1.54) is 0 Å². The Morgan fingerprint density at radius 2 is 2.00 bits per heavy atom. The lowest BCUT2D eigenvalue weighted by Gasteiger charge is -2.23. The van der Waals surface area contributed by atoms with Gasteiger partial charge in [0.1, 0.15) is 6.61 Å². The summed E-state index contributed by atoms with van der Waals surface area (Å²) >= 11 is 12.0. The average molecular weight is 338 g/mol. The molecule has 1 unspecified atom stereocenters. The van der Waals surface area contributed by atoms with Crippen LogP contribution in [0, 0.1) is 0 Å². The van der Waals surface area contributed by atoms with E-state index in [-0.39, 0.29) is 17.5 Å². The van der Waals surface area contributed by atoms with E-state index in [1.807, 2.05) is 11.9 Å². The summed E-state index contributed by atoms with van der Waals surface area (Å²) in [7, 11) is -0.950. The van der Waals surface area contributed by atoms with E-state index in [1.54, 1.807) is 18.2 Å². The van der Waals surface area contributed by atoms with Crippen molar-refractivity contribution in [1.82, 2.24) is 4.90 Å². The molecule has 1 atom stereocenters. The number of nitrogens with zero attached hydrogens (tertiary/aromatic N) is 1. The number of rotatable bonds is 5. The van der Waals surface area contributed by atoms with E-state index in [0.29, 0.717) is 35.4 Å². The molecule has 0 N–H and O–H groups in total. The van der Waals surface area contributed by atoms with Crippen molar-refractivity contribution < 1.29 is 13.2 Å². The molecule has 1 aromatic carbocycles. The van der Waals surface area contributed by atoms with Crippen molar-refractivity contribution in [2.75, 3.05) is 31.7 Å². The minimum absolute atomic E-state index is 0.0744. The third-order valence-electron chi connectivity index (χ3n) is 3.44. The zero-order valence-electron chi connectivity index (χ0n) is 11.2. The molecule has 1 fully saturated rings. The summed E-state index contributed by atoms with van der Waals surface area (Å²) in [6.45, 7) is 1.04. The molecule has 4 nitrogen and oxygen atoms in total. The van der Waals surface area contributed by atoms with Gasteiger partial charge in [0, 0.05) is 12.6 Å². The van der Waals surface area contributed by atoms with Crippen LogP contribution in [-0.4, -0.2) is 51.1 Å². The molecule has 1 saturated heterocycles. The van der Waals surface area contributed by atoms with Crippen LogP contribution >= 0.6 is 23.2 Å². The molecule has 0 bridgehead atoms. The summed E-state index contributed by atoms with van der Waals surface area (Å²) in [5, 5.41) is 0.951. The number of benzene rings is 1. The molecule has 2 rings (SSSR count). The third kappa shape index (κ3) is 4.01. The Bertz CT molecular complexity index is 557. The van der Waals surface area contributed by atoms with Crippen LogP contribution in [0.1, 0.15) is 6.42 Å². The third-order valence-corrected chi connectivity index (χ3v) is 5.79. The summed E-state index contributed by atoms with van der Waals surface area (Å²) in [6, 6.07) is 5.27. The predicted octanol–water partition coefficient (Wildman–Crippen LogP) is 2.49. The smallest absolute Gasteiger partial charge is 0.156 e. The molecule has 20 heavy (non-hydrogen) atoms. The van der Waals surface area contributed by atoms with Gasteiger partial charge in [0.25, 0.3) is 0 Å². The van der Waals surface area contributed by atoms with Gasteiger partial charge in [0.05, 0.1) is 21.6 Å². The topological polar surface area (TPSA) is 46.6 Å². The van der Waals surface area contributed by atoms with E-state index in [4.69, 9.17) is 27.9 Å². The second-order valence-corrected chi connectivity index (χ2v) is 7.98. The monoisotopic (exact) mass is 337 g/mol. The Morgan fingerprint density at radius 1 is 1.35 bits per heavy atom. The number of para-hydroxylation sites is 1. The van der Waals surface area contributed by atoms with Crippen molar-refractivity contribution in [2.45, 2.75) is 12.5 Å². The number of likely N-dealkylation sites (N-methyl/N-ethyl adjacent to an activating group) is 1. The summed E-state index contributed by atoms with van der Waals surface area (Å²) < 4.78 is 28.5. The van der Waals surface area contributed by atoms with Gasteiger partial charge in [-0.2, -0.15) is 0 Å². The Labute approximate surface area is 129 Å². The molecular formula is C13H17Cl2NO3S. The molecule has 0 aromatic heterocycles. The molecule has 0 aliphatic carbocycles. The second kappa shape index (κ2) is 6.52. The van der Waals surface area contributed by atoms with E-state index in [2.05, 4.69) is 0 Å². The van der Waals surface area contributed by atoms with Gasteiger partial charge >= 0.3 is 0 Å². The van der Waals surface area contributed by atoms with Gasteiger partial charge in [0.15, 0.2) is 15.6 Å². The van der Waals surface area contributed by atoms with Crippen LogP contribution in [0.3, 0.4) is 0 Å². The van der Waals surface area contributed by atoms with Crippen molar-refractivity contribution >= 4 is 33.0 Å². The first-order valence-electron chi connectivity index (χ1n) is 6.36. The SMILES string of the molecule is CN(CCOc1c(Cl)cccc1Cl)C1CCS(=O)(=O)C1. The van der Waals surface area contributed by atoms with Gasteiger partial charge in [-0.25, -0.2) is 8.42 Å². The first kappa shape index (κ1) is 15.9. The van der Waals surface area contributed by atoms with Crippen LogP contribution in [0.5, 0.6) is 5.75 Å². The summed E-state index contributed by atoms with van der Waals surface area (Å²) in [5.74, 6) is 0.985. The Hall–Kier alpha value is -0.490. The molecule has 112 valence electrons. The van der Waals surface area contributed by atoms with Crippen LogP contribution in [0.2, 0.25) is 10.0 Å². The lowest BCUT2D eigenvalue weighted by atomic mass is 10.2. The molecule has 7 heteroatoms. The fourth-order valence-corrected chi connectivity index (χ4v) is 4.53. The van der Waals surface area contributed by atoms with E-state index >= 15 is 0 Å². The Morgan fingerprint density at radius 3 is 2.55 bits per heavy atom. The Balaban J connectivity index is 1.84. The number of ether oxygens (including phenoxy) is 1. The van der Waals surface area contributed by atoms with Crippen molar-refractivity contribution in [3.05, 3.63) is 28.2 Å². The summed E-state index contributed by atoms with van der Waals surface area (Å²) in [4.78, 5) is 2.01. The van der Waals surface area contributed by atoms with Crippen LogP contribution in [0.25, 0.3) is 0 Å². The zero-order valence-corrected chi connectivity index (χ0v) is 13.5. The van der Waals surface area contributed by atoms with E-state index in [9.17, 15) is 8.42 Å². The first-order valence-corrected chi connectivity index (χ1v) is 8.94. The van der Waals surface area contributed by atoms with Gasteiger partial charge in [-0.3, -0.25) is 4.90 Å². The van der Waals surface area contributed by atoms with Gasteiger partial charge in [-0.05, 0) is 25.6 Å². The zero-order chi connectivity index (χ0) is 14.8. The first-order chi connectivity index (χ1) is 9.39. The number of hydrogen-bond donors (Lipinski definition) is 0.